The van der Waals surface area contributed by atoms with Gasteiger partial charge in [-0.2, -0.15) is 0 Å². The maximum absolute atomic E-state index is 5.69. The molecule has 0 spiro atoms. The van der Waals surface area contributed by atoms with E-state index in [1.54, 1.807) is 17.8 Å². The number of benzene rings is 1. The van der Waals surface area contributed by atoms with Gasteiger partial charge in [-0.25, -0.2) is 15.0 Å². The zero-order valence-corrected chi connectivity index (χ0v) is 13.2. The van der Waals surface area contributed by atoms with Gasteiger partial charge in [0.25, 0.3) is 0 Å². The van der Waals surface area contributed by atoms with Crippen LogP contribution < -0.4 is 9.47 Å². The number of nitrogens with zero attached hydrogens (tertiary/aromatic N) is 4. The number of methoxy groups -OCH3 is 1. The SMILES string of the molecule is CCC(S)Oc1ccc(-c2cn3cncnc3n2)c(OC)c1. The minimum Gasteiger partial charge on any atom is -0.496 e. The van der Waals surface area contributed by atoms with E-state index in [0.717, 1.165) is 17.7 Å². The second-order valence-electron chi connectivity index (χ2n) is 4.69. The molecule has 0 aliphatic rings. The van der Waals surface area contributed by atoms with E-state index in [1.165, 1.54) is 6.33 Å². The first-order valence-corrected chi connectivity index (χ1v) is 7.40. The quantitative estimate of drug-likeness (QED) is 0.579. The third kappa shape index (κ3) is 2.85. The average Bonchev–Trinajstić information content (AvgIpc) is 2.98. The maximum atomic E-state index is 5.69. The summed E-state index contributed by atoms with van der Waals surface area (Å²) in [5.74, 6) is 1.99. The summed E-state index contributed by atoms with van der Waals surface area (Å²) in [5.41, 5.74) is 1.50. The van der Waals surface area contributed by atoms with Crippen molar-refractivity contribution in [2.75, 3.05) is 7.11 Å². The van der Waals surface area contributed by atoms with Crippen molar-refractivity contribution in [2.45, 2.75) is 18.8 Å². The molecule has 7 heteroatoms. The van der Waals surface area contributed by atoms with Gasteiger partial charge >= 0.3 is 0 Å². The van der Waals surface area contributed by atoms with Crippen LogP contribution in [0.5, 0.6) is 11.5 Å². The highest BCUT2D eigenvalue weighted by molar-refractivity contribution is 7.80. The first-order valence-electron chi connectivity index (χ1n) is 6.89. The predicted octanol–water partition coefficient (Wildman–Crippen LogP) is 2.84. The second kappa shape index (κ2) is 6.23. The molecule has 1 aromatic carbocycles. The molecule has 6 nitrogen and oxygen atoms in total. The molecule has 0 bridgehead atoms. The van der Waals surface area contributed by atoms with Crippen LogP contribution in [-0.2, 0) is 0 Å². The molecular formula is C15H16N4O2S. The highest BCUT2D eigenvalue weighted by Gasteiger charge is 2.13. The molecule has 2 aromatic heterocycles. The van der Waals surface area contributed by atoms with Gasteiger partial charge in [0.2, 0.25) is 5.78 Å². The van der Waals surface area contributed by atoms with Crippen LogP contribution >= 0.6 is 12.6 Å². The normalized spacial score (nSPS) is 12.3. The van der Waals surface area contributed by atoms with Crippen molar-refractivity contribution in [3.8, 4) is 22.8 Å². The Labute approximate surface area is 133 Å². The Kier molecular flexibility index (Phi) is 4.15. The summed E-state index contributed by atoms with van der Waals surface area (Å²) in [7, 11) is 1.62. The molecule has 0 fully saturated rings. The summed E-state index contributed by atoms with van der Waals surface area (Å²) in [4.78, 5) is 12.6. The van der Waals surface area contributed by atoms with E-state index in [9.17, 15) is 0 Å². The second-order valence-corrected chi connectivity index (χ2v) is 5.26. The minimum atomic E-state index is -0.138. The maximum Gasteiger partial charge on any atom is 0.237 e. The molecule has 114 valence electrons. The Morgan fingerprint density at radius 3 is 2.95 bits per heavy atom. The molecule has 22 heavy (non-hydrogen) atoms. The molecule has 0 radical (unpaired) electrons. The lowest BCUT2D eigenvalue weighted by Gasteiger charge is -2.14. The van der Waals surface area contributed by atoms with Gasteiger partial charge in [0.15, 0.2) is 0 Å². The van der Waals surface area contributed by atoms with Crippen LogP contribution in [0.3, 0.4) is 0 Å². The number of ether oxygens (including phenoxy) is 2. The van der Waals surface area contributed by atoms with Crippen LogP contribution in [0, 0.1) is 0 Å². The Morgan fingerprint density at radius 1 is 1.36 bits per heavy atom. The molecule has 2 heterocycles. The molecule has 0 aliphatic heterocycles. The molecule has 3 aromatic rings. The van der Waals surface area contributed by atoms with Gasteiger partial charge in [0.05, 0.1) is 12.8 Å². The molecule has 0 amide bonds. The fraction of sp³-hybridized carbons (Fsp3) is 0.267. The molecule has 0 aliphatic carbocycles. The number of rotatable bonds is 5. The van der Waals surface area contributed by atoms with Gasteiger partial charge in [0, 0.05) is 17.8 Å². The van der Waals surface area contributed by atoms with E-state index >= 15 is 0 Å². The molecular weight excluding hydrogens is 300 g/mol. The van der Waals surface area contributed by atoms with Gasteiger partial charge in [-0.05, 0) is 18.6 Å². The van der Waals surface area contributed by atoms with E-state index in [2.05, 4.69) is 27.6 Å². The summed E-state index contributed by atoms with van der Waals surface area (Å²) < 4.78 is 12.9. The fourth-order valence-electron chi connectivity index (χ4n) is 2.08. The zero-order valence-electron chi connectivity index (χ0n) is 12.3. The molecule has 3 rings (SSSR count). The minimum absolute atomic E-state index is 0.138. The Hall–Kier alpha value is -2.28. The summed E-state index contributed by atoms with van der Waals surface area (Å²) in [6.45, 7) is 2.01. The number of hydrogen-bond acceptors (Lipinski definition) is 6. The molecule has 0 saturated carbocycles. The number of aromatic nitrogens is 4. The number of thiol groups is 1. The third-order valence-corrected chi connectivity index (χ3v) is 3.68. The van der Waals surface area contributed by atoms with Crippen molar-refractivity contribution in [1.29, 1.82) is 0 Å². The van der Waals surface area contributed by atoms with E-state index in [-0.39, 0.29) is 5.44 Å². The van der Waals surface area contributed by atoms with E-state index < -0.39 is 0 Å². The lowest BCUT2D eigenvalue weighted by atomic mass is 10.1. The molecule has 1 atom stereocenters. The van der Waals surface area contributed by atoms with Crippen LogP contribution in [0.1, 0.15) is 13.3 Å². The lowest BCUT2D eigenvalue weighted by molar-refractivity contribution is 0.284. The largest absolute Gasteiger partial charge is 0.496 e. The first-order chi connectivity index (χ1) is 10.7. The Balaban J connectivity index is 1.99. The standard InChI is InChI=1S/C15H16N4O2S/c1-3-14(22)21-10-4-5-11(13(6-10)20-2)12-7-19-9-16-8-17-15(19)18-12/h4-9,14,22H,3H2,1-2H3. The van der Waals surface area contributed by atoms with Crippen molar-refractivity contribution >= 4 is 18.4 Å². The van der Waals surface area contributed by atoms with Crippen molar-refractivity contribution in [3.63, 3.8) is 0 Å². The van der Waals surface area contributed by atoms with Crippen molar-refractivity contribution in [2.24, 2.45) is 0 Å². The number of imidazole rings is 1. The van der Waals surface area contributed by atoms with Crippen LogP contribution in [0.25, 0.3) is 17.0 Å². The highest BCUT2D eigenvalue weighted by atomic mass is 32.1. The smallest absolute Gasteiger partial charge is 0.237 e. The van der Waals surface area contributed by atoms with Crippen LogP contribution in [0.2, 0.25) is 0 Å². The van der Waals surface area contributed by atoms with Gasteiger partial charge in [0.1, 0.15) is 29.6 Å². The van der Waals surface area contributed by atoms with Crippen molar-refractivity contribution in [3.05, 3.63) is 37.1 Å². The predicted molar refractivity (Wildman–Crippen MR) is 86.5 cm³/mol. The first kappa shape index (κ1) is 14.6. The fourth-order valence-corrected chi connectivity index (χ4v) is 2.20. The third-order valence-electron chi connectivity index (χ3n) is 3.21. The van der Waals surface area contributed by atoms with E-state index in [1.807, 2.05) is 31.3 Å². The highest BCUT2D eigenvalue weighted by Crippen LogP contribution is 2.33. The molecule has 0 saturated heterocycles. The van der Waals surface area contributed by atoms with Gasteiger partial charge in [-0.1, -0.05) is 6.92 Å². The van der Waals surface area contributed by atoms with Crippen molar-refractivity contribution in [1.82, 2.24) is 19.4 Å². The van der Waals surface area contributed by atoms with Crippen LogP contribution in [0.4, 0.5) is 0 Å². The van der Waals surface area contributed by atoms with Crippen LogP contribution in [0.15, 0.2) is 37.1 Å². The molecule has 1 unspecified atom stereocenters. The summed E-state index contributed by atoms with van der Waals surface area (Å²) in [5, 5.41) is 0. The van der Waals surface area contributed by atoms with Crippen LogP contribution in [-0.4, -0.2) is 31.9 Å². The molecule has 0 N–H and O–H groups in total. The summed E-state index contributed by atoms with van der Waals surface area (Å²) >= 11 is 4.34. The van der Waals surface area contributed by atoms with Gasteiger partial charge in [-0.3, -0.25) is 4.40 Å². The lowest BCUT2D eigenvalue weighted by Crippen LogP contribution is -2.06. The van der Waals surface area contributed by atoms with Crippen molar-refractivity contribution < 1.29 is 9.47 Å². The monoisotopic (exact) mass is 316 g/mol. The zero-order chi connectivity index (χ0) is 15.5. The number of hydrogen-bond donors (Lipinski definition) is 1. The van der Waals surface area contributed by atoms with E-state index in [4.69, 9.17) is 9.47 Å². The summed E-state index contributed by atoms with van der Waals surface area (Å²) in [6, 6.07) is 5.63. The Morgan fingerprint density at radius 2 is 2.23 bits per heavy atom. The average molecular weight is 316 g/mol. The number of fused-ring (bicyclic) bond motifs is 1. The topological polar surface area (TPSA) is 61.5 Å². The van der Waals surface area contributed by atoms with Gasteiger partial charge < -0.3 is 9.47 Å². The van der Waals surface area contributed by atoms with Gasteiger partial charge in [-0.15, -0.1) is 12.6 Å². The Bertz CT molecular complexity index is 757. The van der Waals surface area contributed by atoms with E-state index in [0.29, 0.717) is 17.3 Å². The summed E-state index contributed by atoms with van der Waals surface area (Å²) in [6.07, 6.45) is 5.81.